The molecule has 1 aliphatic rings. The van der Waals surface area contributed by atoms with Gasteiger partial charge in [-0.05, 0) is 36.6 Å². The zero-order valence-corrected chi connectivity index (χ0v) is 13.5. The SMILES string of the molecule is O=C(NCc1ccc(Cl)cc1)C1CCN(c2ncccn2)CC1. The van der Waals surface area contributed by atoms with Crippen LogP contribution in [-0.4, -0.2) is 29.0 Å². The molecule has 1 aliphatic heterocycles. The number of hydrogen-bond donors (Lipinski definition) is 1. The van der Waals surface area contributed by atoms with Crippen LogP contribution in [0.4, 0.5) is 5.95 Å². The van der Waals surface area contributed by atoms with E-state index in [-0.39, 0.29) is 11.8 Å². The van der Waals surface area contributed by atoms with E-state index in [1.165, 1.54) is 0 Å². The second-order valence-electron chi connectivity index (χ2n) is 5.65. The lowest BCUT2D eigenvalue weighted by Gasteiger charge is -2.31. The first kappa shape index (κ1) is 15.7. The molecule has 6 heteroatoms. The molecule has 1 aromatic heterocycles. The molecule has 3 rings (SSSR count). The summed E-state index contributed by atoms with van der Waals surface area (Å²) < 4.78 is 0. The van der Waals surface area contributed by atoms with Gasteiger partial charge in [0.1, 0.15) is 0 Å². The van der Waals surface area contributed by atoms with Crippen LogP contribution in [0.5, 0.6) is 0 Å². The minimum absolute atomic E-state index is 0.0577. The van der Waals surface area contributed by atoms with E-state index >= 15 is 0 Å². The number of aromatic nitrogens is 2. The fourth-order valence-corrected chi connectivity index (χ4v) is 2.86. The first-order chi connectivity index (χ1) is 11.2. The van der Waals surface area contributed by atoms with Gasteiger partial charge < -0.3 is 10.2 Å². The second kappa shape index (κ2) is 7.42. The highest BCUT2D eigenvalue weighted by Crippen LogP contribution is 2.20. The minimum atomic E-state index is 0.0577. The van der Waals surface area contributed by atoms with Crippen molar-refractivity contribution in [1.29, 1.82) is 0 Å². The van der Waals surface area contributed by atoms with E-state index in [1.807, 2.05) is 24.3 Å². The minimum Gasteiger partial charge on any atom is -0.352 e. The first-order valence-corrected chi connectivity index (χ1v) is 8.14. The number of carbonyl (C=O) groups is 1. The standard InChI is InChI=1S/C17H19ClN4O/c18-15-4-2-13(3-5-15)12-21-16(23)14-6-10-22(11-7-14)17-19-8-1-9-20-17/h1-5,8-9,14H,6-7,10-12H2,(H,21,23). The van der Waals surface area contributed by atoms with E-state index < -0.39 is 0 Å². The lowest BCUT2D eigenvalue weighted by atomic mass is 9.96. The van der Waals surface area contributed by atoms with Crippen LogP contribution < -0.4 is 10.2 Å². The molecule has 1 aromatic carbocycles. The molecule has 0 bridgehead atoms. The molecule has 1 amide bonds. The summed E-state index contributed by atoms with van der Waals surface area (Å²) in [4.78, 5) is 22.9. The molecule has 1 fully saturated rings. The molecule has 2 aromatic rings. The molecule has 23 heavy (non-hydrogen) atoms. The maximum atomic E-state index is 12.3. The summed E-state index contributed by atoms with van der Waals surface area (Å²) in [5, 5.41) is 3.72. The van der Waals surface area contributed by atoms with Crippen LogP contribution in [-0.2, 0) is 11.3 Å². The lowest BCUT2D eigenvalue weighted by Crippen LogP contribution is -2.41. The van der Waals surface area contributed by atoms with Gasteiger partial charge in [0.15, 0.2) is 0 Å². The van der Waals surface area contributed by atoms with Crippen LogP contribution >= 0.6 is 11.6 Å². The number of anilines is 1. The number of nitrogens with one attached hydrogen (secondary N) is 1. The van der Waals surface area contributed by atoms with E-state index in [0.717, 1.165) is 37.4 Å². The highest BCUT2D eigenvalue weighted by Gasteiger charge is 2.25. The molecular formula is C17H19ClN4O. The summed E-state index contributed by atoms with van der Waals surface area (Å²) in [5.41, 5.74) is 1.05. The van der Waals surface area contributed by atoms with Gasteiger partial charge in [-0.25, -0.2) is 9.97 Å². The van der Waals surface area contributed by atoms with E-state index in [2.05, 4.69) is 20.2 Å². The molecule has 5 nitrogen and oxygen atoms in total. The van der Waals surface area contributed by atoms with Crippen molar-refractivity contribution < 1.29 is 4.79 Å². The quantitative estimate of drug-likeness (QED) is 0.936. The van der Waals surface area contributed by atoms with Crippen molar-refractivity contribution in [1.82, 2.24) is 15.3 Å². The van der Waals surface area contributed by atoms with Gasteiger partial charge in [0.2, 0.25) is 11.9 Å². The van der Waals surface area contributed by atoms with Crippen molar-refractivity contribution >= 4 is 23.5 Å². The number of carbonyl (C=O) groups excluding carboxylic acids is 1. The topological polar surface area (TPSA) is 58.1 Å². The van der Waals surface area contributed by atoms with Gasteiger partial charge in [0.25, 0.3) is 0 Å². The Morgan fingerprint density at radius 3 is 2.48 bits per heavy atom. The fourth-order valence-electron chi connectivity index (χ4n) is 2.73. The Hall–Kier alpha value is -2.14. The van der Waals surface area contributed by atoms with Crippen molar-refractivity contribution in [3.63, 3.8) is 0 Å². The molecule has 1 N–H and O–H groups in total. The summed E-state index contributed by atoms with van der Waals surface area (Å²) in [6.07, 6.45) is 5.13. The fraction of sp³-hybridized carbons (Fsp3) is 0.353. The summed E-state index contributed by atoms with van der Waals surface area (Å²) in [6.45, 7) is 2.16. The van der Waals surface area contributed by atoms with Crippen LogP contribution in [0.1, 0.15) is 18.4 Å². The van der Waals surface area contributed by atoms with Gasteiger partial charge >= 0.3 is 0 Å². The van der Waals surface area contributed by atoms with E-state index in [1.54, 1.807) is 18.5 Å². The number of nitrogens with zero attached hydrogens (tertiary/aromatic N) is 3. The third-order valence-electron chi connectivity index (χ3n) is 4.08. The van der Waals surface area contributed by atoms with E-state index in [4.69, 9.17) is 11.6 Å². The molecule has 0 aliphatic carbocycles. The molecule has 0 radical (unpaired) electrons. The van der Waals surface area contributed by atoms with Crippen LogP contribution in [0.2, 0.25) is 5.02 Å². The maximum absolute atomic E-state index is 12.3. The lowest BCUT2D eigenvalue weighted by molar-refractivity contribution is -0.125. The van der Waals surface area contributed by atoms with Crippen molar-refractivity contribution in [2.24, 2.45) is 5.92 Å². The van der Waals surface area contributed by atoms with Gasteiger partial charge in [0.05, 0.1) is 0 Å². The van der Waals surface area contributed by atoms with Crippen molar-refractivity contribution in [3.8, 4) is 0 Å². The number of amides is 1. The Labute approximate surface area is 140 Å². The summed E-state index contributed by atoms with van der Waals surface area (Å²) >= 11 is 5.86. The molecule has 0 spiro atoms. The normalized spacial score (nSPS) is 15.4. The second-order valence-corrected chi connectivity index (χ2v) is 6.09. The monoisotopic (exact) mass is 330 g/mol. The summed E-state index contributed by atoms with van der Waals surface area (Å²) in [5.74, 6) is 0.920. The highest BCUT2D eigenvalue weighted by atomic mass is 35.5. The van der Waals surface area contributed by atoms with Crippen LogP contribution in [0.3, 0.4) is 0 Å². The summed E-state index contributed by atoms with van der Waals surface area (Å²) in [6, 6.07) is 9.33. The van der Waals surface area contributed by atoms with Crippen molar-refractivity contribution in [2.75, 3.05) is 18.0 Å². The Morgan fingerprint density at radius 2 is 1.83 bits per heavy atom. The summed E-state index contributed by atoms with van der Waals surface area (Å²) in [7, 11) is 0. The maximum Gasteiger partial charge on any atom is 0.225 e. The van der Waals surface area contributed by atoms with Gasteiger partial charge in [-0.1, -0.05) is 23.7 Å². The Morgan fingerprint density at radius 1 is 1.17 bits per heavy atom. The molecule has 1 saturated heterocycles. The number of piperidine rings is 1. The third kappa shape index (κ3) is 4.20. The highest BCUT2D eigenvalue weighted by molar-refractivity contribution is 6.30. The number of rotatable bonds is 4. The van der Waals surface area contributed by atoms with Gasteiger partial charge in [0, 0.05) is 43.0 Å². The number of benzene rings is 1. The Kier molecular flexibility index (Phi) is 5.08. The third-order valence-corrected chi connectivity index (χ3v) is 4.33. The van der Waals surface area contributed by atoms with Crippen molar-refractivity contribution in [2.45, 2.75) is 19.4 Å². The molecule has 2 heterocycles. The number of hydrogen-bond acceptors (Lipinski definition) is 4. The van der Waals surface area contributed by atoms with Gasteiger partial charge in [-0.3, -0.25) is 4.79 Å². The predicted molar refractivity (Wildman–Crippen MR) is 90.3 cm³/mol. The first-order valence-electron chi connectivity index (χ1n) is 7.76. The van der Waals surface area contributed by atoms with Crippen LogP contribution in [0.15, 0.2) is 42.7 Å². The van der Waals surface area contributed by atoms with Crippen molar-refractivity contribution in [3.05, 3.63) is 53.3 Å². The van der Waals surface area contributed by atoms with E-state index in [9.17, 15) is 4.79 Å². The van der Waals surface area contributed by atoms with E-state index in [0.29, 0.717) is 11.6 Å². The average Bonchev–Trinajstić information content (AvgIpc) is 2.62. The molecule has 0 atom stereocenters. The van der Waals surface area contributed by atoms with Gasteiger partial charge in [-0.2, -0.15) is 0 Å². The Balaban J connectivity index is 1.47. The molecular weight excluding hydrogens is 312 g/mol. The average molecular weight is 331 g/mol. The smallest absolute Gasteiger partial charge is 0.225 e. The molecule has 120 valence electrons. The zero-order valence-electron chi connectivity index (χ0n) is 12.8. The largest absolute Gasteiger partial charge is 0.352 e. The zero-order chi connectivity index (χ0) is 16.1. The van der Waals surface area contributed by atoms with Crippen LogP contribution in [0, 0.1) is 5.92 Å². The molecule has 0 saturated carbocycles. The Bertz CT molecular complexity index is 639. The predicted octanol–water partition coefficient (Wildman–Crippen LogP) is 2.66. The molecule has 0 unspecified atom stereocenters. The van der Waals surface area contributed by atoms with Crippen LogP contribution in [0.25, 0.3) is 0 Å². The van der Waals surface area contributed by atoms with Gasteiger partial charge in [-0.15, -0.1) is 0 Å². The number of halogens is 1.